The molecule has 1 aromatic carbocycles. The summed E-state index contributed by atoms with van der Waals surface area (Å²) < 4.78 is 40.6. The van der Waals surface area contributed by atoms with Crippen LogP contribution < -0.4 is 10.1 Å². The van der Waals surface area contributed by atoms with E-state index in [1.165, 1.54) is 18.2 Å². The molecule has 0 radical (unpaired) electrons. The first-order valence-electron chi connectivity index (χ1n) is 6.13. The van der Waals surface area contributed by atoms with Crippen molar-refractivity contribution in [3.63, 3.8) is 0 Å². The van der Waals surface area contributed by atoms with Crippen molar-refractivity contribution in [2.75, 3.05) is 0 Å². The second kappa shape index (κ2) is 7.14. The van der Waals surface area contributed by atoms with Gasteiger partial charge in [-0.25, -0.2) is 0 Å². The lowest BCUT2D eigenvalue weighted by Gasteiger charge is -2.16. The summed E-state index contributed by atoms with van der Waals surface area (Å²) in [6.45, 7) is 1.82. The molecule has 0 amide bonds. The number of hydrogen-bond donors (Lipinski definition) is 2. The molecular formula is C13H16F3NO3. The number of alkyl halides is 3. The lowest BCUT2D eigenvalue weighted by molar-refractivity contribution is -0.274. The van der Waals surface area contributed by atoms with Crippen molar-refractivity contribution in [3.05, 3.63) is 29.8 Å². The molecule has 2 N–H and O–H groups in total. The second-order valence-corrected chi connectivity index (χ2v) is 4.22. The molecule has 0 aliphatic heterocycles. The second-order valence-electron chi connectivity index (χ2n) is 4.22. The molecule has 0 fully saturated rings. The van der Waals surface area contributed by atoms with E-state index in [0.29, 0.717) is 12.8 Å². The molecule has 20 heavy (non-hydrogen) atoms. The van der Waals surface area contributed by atoms with Crippen molar-refractivity contribution in [1.29, 1.82) is 0 Å². The zero-order valence-corrected chi connectivity index (χ0v) is 10.9. The lowest BCUT2D eigenvalue weighted by Crippen LogP contribution is -2.36. The molecule has 0 saturated heterocycles. The molecular weight excluding hydrogens is 275 g/mol. The fourth-order valence-corrected chi connectivity index (χ4v) is 1.71. The molecule has 0 aliphatic rings. The van der Waals surface area contributed by atoms with Gasteiger partial charge in [0.25, 0.3) is 0 Å². The normalized spacial score (nSPS) is 13.0. The Morgan fingerprint density at radius 2 is 2.05 bits per heavy atom. The fourth-order valence-electron chi connectivity index (χ4n) is 1.71. The van der Waals surface area contributed by atoms with Gasteiger partial charge >= 0.3 is 12.3 Å². The molecule has 4 nitrogen and oxygen atoms in total. The van der Waals surface area contributed by atoms with Crippen LogP contribution >= 0.6 is 0 Å². The highest BCUT2D eigenvalue weighted by molar-refractivity contribution is 5.73. The van der Waals surface area contributed by atoms with Gasteiger partial charge in [0.05, 0.1) is 0 Å². The number of carboxylic acid groups (broad SMARTS) is 1. The molecule has 1 aromatic rings. The van der Waals surface area contributed by atoms with E-state index in [1.54, 1.807) is 6.07 Å². The first kappa shape index (κ1) is 16.3. The topological polar surface area (TPSA) is 58.6 Å². The van der Waals surface area contributed by atoms with Gasteiger partial charge in [0.15, 0.2) is 0 Å². The summed E-state index contributed by atoms with van der Waals surface area (Å²) in [4.78, 5) is 11.0. The summed E-state index contributed by atoms with van der Waals surface area (Å²) in [7, 11) is 0. The quantitative estimate of drug-likeness (QED) is 0.811. The van der Waals surface area contributed by atoms with E-state index >= 15 is 0 Å². The summed E-state index contributed by atoms with van der Waals surface area (Å²) in [6.07, 6.45) is -3.71. The Morgan fingerprint density at radius 3 is 2.60 bits per heavy atom. The molecule has 0 bridgehead atoms. The number of rotatable bonds is 7. The molecule has 0 heterocycles. The van der Waals surface area contributed by atoms with Gasteiger partial charge in [-0.15, -0.1) is 13.2 Å². The average Bonchev–Trinajstić information content (AvgIpc) is 2.34. The van der Waals surface area contributed by atoms with Crippen molar-refractivity contribution in [3.8, 4) is 5.75 Å². The predicted octanol–water partition coefficient (Wildman–Crippen LogP) is 2.93. The number of benzene rings is 1. The number of hydrogen-bond acceptors (Lipinski definition) is 3. The Bertz CT molecular complexity index is 449. The van der Waals surface area contributed by atoms with E-state index in [0.717, 1.165) is 0 Å². The molecule has 112 valence electrons. The van der Waals surface area contributed by atoms with Crippen molar-refractivity contribution < 1.29 is 27.8 Å². The van der Waals surface area contributed by atoms with Gasteiger partial charge in [0, 0.05) is 12.1 Å². The Hall–Kier alpha value is -1.76. The smallest absolute Gasteiger partial charge is 0.480 e. The van der Waals surface area contributed by atoms with Crippen LogP contribution in [0.4, 0.5) is 13.2 Å². The van der Waals surface area contributed by atoms with Gasteiger partial charge in [0.1, 0.15) is 11.8 Å². The molecule has 0 saturated carbocycles. The Morgan fingerprint density at radius 1 is 1.40 bits per heavy atom. The van der Waals surface area contributed by atoms with E-state index in [1.807, 2.05) is 6.92 Å². The number of para-hydroxylation sites is 1. The summed E-state index contributed by atoms with van der Waals surface area (Å²) in [5.41, 5.74) is 0.257. The van der Waals surface area contributed by atoms with Crippen LogP contribution in [-0.4, -0.2) is 23.5 Å². The summed E-state index contributed by atoms with van der Waals surface area (Å²) in [6, 6.07) is 4.85. The minimum atomic E-state index is -4.77. The van der Waals surface area contributed by atoms with Gasteiger partial charge in [-0.1, -0.05) is 31.5 Å². The summed E-state index contributed by atoms with van der Waals surface area (Å²) in [5, 5.41) is 11.7. The van der Waals surface area contributed by atoms with Gasteiger partial charge in [-0.3, -0.25) is 4.79 Å². The van der Waals surface area contributed by atoms with Gasteiger partial charge in [-0.05, 0) is 12.5 Å². The maximum Gasteiger partial charge on any atom is 0.573 e. The van der Waals surface area contributed by atoms with Crippen LogP contribution in [0.2, 0.25) is 0 Å². The van der Waals surface area contributed by atoms with Crippen molar-refractivity contribution in [2.45, 2.75) is 38.7 Å². The zero-order chi connectivity index (χ0) is 15.2. The molecule has 0 spiro atoms. The Kier molecular flexibility index (Phi) is 5.82. The molecule has 1 rings (SSSR count). The van der Waals surface area contributed by atoms with Crippen molar-refractivity contribution in [2.24, 2.45) is 0 Å². The largest absolute Gasteiger partial charge is 0.573 e. The highest BCUT2D eigenvalue weighted by Crippen LogP contribution is 2.26. The number of carbonyl (C=O) groups is 1. The van der Waals surface area contributed by atoms with Crippen LogP contribution in [0, 0.1) is 0 Å². The average molecular weight is 291 g/mol. The third-order valence-electron chi connectivity index (χ3n) is 2.61. The van der Waals surface area contributed by atoms with Crippen molar-refractivity contribution in [1.82, 2.24) is 5.32 Å². The van der Waals surface area contributed by atoms with Crippen LogP contribution in [0.25, 0.3) is 0 Å². The minimum Gasteiger partial charge on any atom is -0.480 e. The van der Waals surface area contributed by atoms with E-state index in [2.05, 4.69) is 10.1 Å². The number of aliphatic carboxylic acids is 1. The number of ether oxygens (including phenoxy) is 1. The van der Waals surface area contributed by atoms with Gasteiger partial charge in [-0.2, -0.15) is 0 Å². The van der Waals surface area contributed by atoms with E-state index in [4.69, 9.17) is 5.11 Å². The number of halogens is 3. The summed E-state index contributed by atoms with van der Waals surface area (Å²) >= 11 is 0. The monoisotopic (exact) mass is 291 g/mol. The molecule has 1 atom stereocenters. The fraction of sp³-hybridized carbons (Fsp3) is 0.462. The van der Waals surface area contributed by atoms with Crippen LogP contribution in [0.3, 0.4) is 0 Å². The van der Waals surface area contributed by atoms with E-state index < -0.39 is 18.4 Å². The highest BCUT2D eigenvalue weighted by atomic mass is 19.4. The maximum atomic E-state index is 12.2. The zero-order valence-electron chi connectivity index (χ0n) is 10.9. The highest BCUT2D eigenvalue weighted by Gasteiger charge is 2.32. The molecule has 0 aliphatic carbocycles. The molecule has 7 heteroatoms. The van der Waals surface area contributed by atoms with Crippen LogP contribution in [0.5, 0.6) is 5.75 Å². The van der Waals surface area contributed by atoms with Gasteiger partial charge < -0.3 is 15.2 Å². The first-order chi connectivity index (χ1) is 9.33. The van der Waals surface area contributed by atoms with Gasteiger partial charge in [0.2, 0.25) is 0 Å². The Labute approximate surface area is 114 Å². The molecule has 0 aromatic heterocycles. The minimum absolute atomic E-state index is 0.0107. The van der Waals surface area contributed by atoms with E-state index in [-0.39, 0.29) is 17.9 Å². The summed E-state index contributed by atoms with van der Waals surface area (Å²) in [5.74, 6) is -1.35. The SMILES string of the molecule is CCCC(NCc1ccccc1OC(F)(F)F)C(=O)O. The predicted molar refractivity (Wildman–Crippen MR) is 66.3 cm³/mol. The number of carboxylic acids is 1. The van der Waals surface area contributed by atoms with Crippen LogP contribution in [-0.2, 0) is 11.3 Å². The Balaban J connectivity index is 2.74. The third-order valence-corrected chi connectivity index (χ3v) is 2.61. The van der Waals surface area contributed by atoms with E-state index in [9.17, 15) is 18.0 Å². The van der Waals surface area contributed by atoms with Crippen LogP contribution in [0.1, 0.15) is 25.3 Å². The van der Waals surface area contributed by atoms with Crippen LogP contribution in [0.15, 0.2) is 24.3 Å². The maximum absolute atomic E-state index is 12.2. The van der Waals surface area contributed by atoms with Crippen molar-refractivity contribution >= 4 is 5.97 Å². The molecule has 1 unspecified atom stereocenters. The standard InChI is InChI=1S/C13H16F3NO3/c1-2-5-10(12(18)19)17-8-9-6-3-4-7-11(9)20-13(14,15)16/h3-4,6-7,10,17H,2,5,8H2,1H3,(H,18,19). The third kappa shape index (κ3) is 5.48. The first-order valence-corrected chi connectivity index (χ1v) is 6.13. The number of nitrogens with one attached hydrogen (secondary N) is 1. The lowest BCUT2D eigenvalue weighted by atomic mass is 10.1.